The number of fused-ring (bicyclic) bond motifs is 2. The van der Waals surface area contributed by atoms with Crippen LogP contribution >= 0.6 is 11.3 Å². The maximum Gasteiger partial charge on any atom is 0.338 e. The summed E-state index contributed by atoms with van der Waals surface area (Å²) in [5.74, 6) is 0.112. The second-order valence-corrected chi connectivity index (χ2v) is 12.0. The van der Waals surface area contributed by atoms with E-state index < -0.39 is 12.0 Å². The third-order valence-corrected chi connectivity index (χ3v) is 8.75. The first-order chi connectivity index (χ1) is 21.2. The molecule has 4 heterocycles. The molecule has 1 fully saturated rings. The Balaban J connectivity index is 1.47. The summed E-state index contributed by atoms with van der Waals surface area (Å²) in [5.41, 5.74) is 2.95. The van der Waals surface area contributed by atoms with Crippen molar-refractivity contribution in [1.82, 2.24) is 14.0 Å². The molecule has 10 nitrogen and oxygen atoms in total. The van der Waals surface area contributed by atoms with E-state index in [0.29, 0.717) is 58.2 Å². The molecular weight excluding hydrogens is 580 g/mol. The first-order valence-corrected chi connectivity index (χ1v) is 15.4. The van der Waals surface area contributed by atoms with Gasteiger partial charge in [0.25, 0.3) is 5.56 Å². The monoisotopic (exact) mass is 614 g/mol. The molecule has 44 heavy (non-hydrogen) atoms. The van der Waals surface area contributed by atoms with Gasteiger partial charge < -0.3 is 23.7 Å². The van der Waals surface area contributed by atoms with Gasteiger partial charge in [-0.25, -0.2) is 9.79 Å². The number of para-hydroxylation sites is 1. The molecule has 0 N–H and O–H groups in total. The number of hydrogen-bond donors (Lipinski definition) is 0. The minimum absolute atomic E-state index is 0.0227. The molecule has 228 valence electrons. The summed E-state index contributed by atoms with van der Waals surface area (Å²) in [4.78, 5) is 47.7. The molecule has 1 atom stereocenters. The number of amides is 1. The molecule has 2 aliphatic heterocycles. The van der Waals surface area contributed by atoms with E-state index in [1.54, 1.807) is 32.4 Å². The van der Waals surface area contributed by atoms with Crippen LogP contribution in [0.5, 0.6) is 5.75 Å². The van der Waals surface area contributed by atoms with E-state index in [2.05, 4.69) is 0 Å². The predicted molar refractivity (Wildman–Crippen MR) is 167 cm³/mol. The lowest BCUT2D eigenvalue weighted by Gasteiger charge is -2.27. The molecule has 11 heteroatoms. The number of thiazole rings is 1. The summed E-state index contributed by atoms with van der Waals surface area (Å²) in [6, 6.07) is 14.4. The van der Waals surface area contributed by atoms with Crippen molar-refractivity contribution >= 4 is 40.2 Å². The number of methoxy groups -OCH3 is 1. The summed E-state index contributed by atoms with van der Waals surface area (Å²) < 4.78 is 20.4. The molecule has 0 unspecified atom stereocenters. The van der Waals surface area contributed by atoms with Gasteiger partial charge in [0.1, 0.15) is 12.3 Å². The van der Waals surface area contributed by atoms with Crippen LogP contribution < -0.4 is 19.6 Å². The highest BCUT2D eigenvalue weighted by atomic mass is 32.1. The van der Waals surface area contributed by atoms with Crippen molar-refractivity contribution in [2.75, 3.05) is 33.4 Å². The highest BCUT2D eigenvalue weighted by Gasteiger charge is 2.34. The molecule has 0 bridgehead atoms. The van der Waals surface area contributed by atoms with Gasteiger partial charge in [-0.05, 0) is 50.6 Å². The Hall–Kier alpha value is -4.48. The minimum Gasteiger partial charge on any atom is -0.497 e. The summed E-state index contributed by atoms with van der Waals surface area (Å²) in [5, 5.41) is 0.926. The lowest BCUT2D eigenvalue weighted by atomic mass is 9.95. The molecule has 0 aliphatic carbocycles. The lowest BCUT2D eigenvalue weighted by molar-refractivity contribution is -0.143. The zero-order valence-corrected chi connectivity index (χ0v) is 25.9. The number of rotatable bonds is 7. The molecule has 1 amide bonds. The zero-order valence-electron chi connectivity index (χ0n) is 25.1. The zero-order chi connectivity index (χ0) is 31.0. The molecular formula is C33H34N4O6S. The van der Waals surface area contributed by atoms with Gasteiger partial charge in [-0.3, -0.25) is 14.2 Å². The van der Waals surface area contributed by atoms with E-state index in [9.17, 15) is 14.4 Å². The van der Waals surface area contributed by atoms with Crippen molar-refractivity contribution < 1.29 is 23.8 Å². The summed E-state index contributed by atoms with van der Waals surface area (Å²) in [7, 11) is 1.57. The van der Waals surface area contributed by atoms with Gasteiger partial charge in [0, 0.05) is 35.8 Å². The number of esters is 1. The summed E-state index contributed by atoms with van der Waals surface area (Å²) in [6.07, 6.45) is 3.42. The van der Waals surface area contributed by atoms with Crippen LogP contribution in [0.15, 0.2) is 75.8 Å². The summed E-state index contributed by atoms with van der Waals surface area (Å²) >= 11 is 1.26. The molecule has 4 aromatic rings. The average molecular weight is 615 g/mol. The number of benzene rings is 2. The van der Waals surface area contributed by atoms with E-state index in [1.165, 1.54) is 11.3 Å². The average Bonchev–Trinajstić information content (AvgIpc) is 3.52. The molecule has 0 radical (unpaired) electrons. The Kier molecular flexibility index (Phi) is 8.24. The molecule has 2 aromatic heterocycles. The minimum atomic E-state index is -0.748. The maximum atomic E-state index is 14.2. The van der Waals surface area contributed by atoms with Crippen molar-refractivity contribution in [3.63, 3.8) is 0 Å². The van der Waals surface area contributed by atoms with Gasteiger partial charge in [-0.1, -0.05) is 41.7 Å². The van der Waals surface area contributed by atoms with E-state index in [4.69, 9.17) is 19.2 Å². The second-order valence-electron chi connectivity index (χ2n) is 11.0. The predicted octanol–water partition coefficient (Wildman–Crippen LogP) is 3.01. The number of ether oxygens (including phenoxy) is 3. The maximum absolute atomic E-state index is 14.2. The van der Waals surface area contributed by atoms with E-state index in [-0.39, 0.29) is 24.1 Å². The topological polar surface area (TPSA) is 104 Å². The Morgan fingerprint density at radius 2 is 1.91 bits per heavy atom. The molecule has 0 spiro atoms. The van der Waals surface area contributed by atoms with E-state index in [1.807, 2.05) is 70.3 Å². The Morgan fingerprint density at radius 1 is 1.14 bits per heavy atom. The fourth-order valence-electron chi connectivity index (χ4n) is 5.71. The smallest absolute Gasteiger partial charge is 0.338 e. The van der Waals surface area contributed by atoms with Crippen LogP contribution in [0.25, 0.3) is 17.0 Å². The van der Waals surface area contributed by atoms with Crippen molar-refractivity contribution in [2.45, 2.75) is 39.5 Å². The quantitative estimate of drug-likeness (QED) is 0.297. The van der Waals surface area contributed by atoms with E-state index >= 15 is 0 Å². The van der Waals surface area contributed by atoms with Crippen molar-refractivity contribution in [3.8, 4) is 5.75 Å². The van der Waals surface area contributed by atoms with Crippen LogP contribution in [0.2, 0.25) is 0 Å². The first kappa shape index (κ1) is 29.6. The highest BCUT2D eigenvalue weighted by Crippen LogP contribution is 2.32. The van der Waals surface area contributed by atoms with Crippen LogP contribution in [-0.4, -0.2) is 65.4 Å². The fraction of sp³-hybridized carbons (Fsp3) is 0.333. The van der Waals surface area contributed by atoms with Crippen molar-refractivity contribution in [2.24, 2.45) is 4.99 Å². The highest BCUT2D eigenvalue weighted by molar-refractivity contribution is 7.07. The van der Waals surface area contributed by atoms with Gasteiger partial charge >= 0.3 is 5.97 Å². The fourth-order valence-corrected chi connectivity index (χ4v) is 6.75. The van der Waals surface area contributed by atoms with E-state index in [0.717, 1.165) is 16.5 Å². The van der Waals surface area contributed by atoms with Gasteiger partial charge in [-0.2, -0.15) is 0 Å². The van der Waals surface area contributed by atoms with Crippen LogP contribution in [-0.2, 0) is 25.6 Å². The van der Waals surface area contributed by atoms with Crippen molar-refractivity contribution in [1.29, 1.82) is 0 Å². The largest absolute Gasteiger partial charge is 0.497 e. The van der Waals surface area contributed by atoms with Crippen molar-refractivity contribution in [3.05, 3.63) is 96.8 Å². The molecule has 6 rings (SSSR count). The second kappa shape index (κ2) is 12.3. The Labute approximate surface area is 258 Å². The van der Waals surface area contributed by atoms with Crippen LogP contribution in [0.1, 0.15) is 37.9 Å². The third-order valence-electron chi connectivity index (χ3n) is 7.77. The van der Waals surface area contributed by atoms with Gasteiger partial charge in [0.05, 0.1) is 48.3 Å². The standard InChI is InChI=1S/C33H34N4O6S/c1-20(2)43-32(40)29-21(3)34-33-37(30(29)22-8-7-9-24(16-22)41-4)31(39)27(44-33)17-23-18-36(26-11-6-5-10-25(23)26)19-28(38)35-12-14-42-15-13-35/h5-11,16-18,20,30H,12-15,19H2,1-4H3/b27-17-/t30-/m1/s1. The number of morpholine rings is 1. The normalized spacial score (nSPS) is 17.2. The first-order valence-electron chi connectivity index (χ1n) is 14.6. The molecule has 2 aromatic carbocycles. The number of nitrogens with zero attached hydrogens (tertiary/aromatic N) is 4. The Bertz CT molecular complexity index is 1960. The van der Waals surface area contributed by atoms with Gasteiger partial charge in [-0.15, -0.1) is 0 Å². The molecule has 0 saturated carbocycles. The number of allylic oxidation sites excluding steroid dienone is 1. The summed E-state index contributed by atoms with van der Waals surface area (Å²) in [6.45, 7) is 7.75. The van der Waals surface area contributed by atoms with Crippen LogP contribution in [0, 0.1) is 0 Å². The van der Waals surface area contributed by atoms with Gasteiger partial charge in [0.15, 0.2) is 4.80 Å². The number of hydrogen-bond acceptors (Lipinski definition) is 8. The SMILES string of the molecule is COc1cccc([C@@H]2C(C(=O)OC(C)C)=C(C)N=c3s/c(=C\c4cn(CC(=O)N5CCOCC5)c5ccccc45)c(=O)n32)c1. The van der Waals surface area contributed by atoms with Crippen LogP contribution in [0.4, 0.5) is 0 Å². The number of carbonyl (C=O) groups excluding carboxylic acids is 2. The Morgan fingerprint density at radius 3 is 2.66 bits per heavy atom. The third kappa shape index (κ3) is 5.60. The lowest BCUT2D eigenvalue weighted by Crippen LogP contribution is -2.42. The molecule has 2 aliphatic rings. The number of aromatic nitrogens is 2. The molecule has 1 saturated heterocycles. The van der Waals surface area contributed by atoms with Crippen LogP contribution in [0.3, 0.4) is 0 Å². The number of carbonyl (C=O) groups is 2. The van der Waals surface area contributed by atoms with Gasteiger partial charge in [0.2, 0.25) is 5.91 Å².